The van der Waals surface area contributed by atoms with Crippen LogP contribution in [0.2, 0.25) is 0 Å². The first-order chi connectivity index (χ1) is 15.7. The molecule has 3 aromatic carbocycles. The summed E-state index contributed by atoms with van der Waals surface area (Å²) in [5.74, 6) is -0.945. The SMILES string of the molecule is COc1cn(-c2ccccc2)nc1C(=O)OCC(=O)Nc1ccccc1-c1ccccc1. The van der Waals surface area contributed by atoms with Crippen LogP contribution in [0.15, 0.2) is 91.1 Å². The minimum Gasteiger partial charge on any atom is -0.493 e. The van der Waals surface area contributed by atoms with Gasteiger partial charge in [-0.05, 0) is 23.8 Å². The number of hydrogen-bond acceptors (Lipinski definition) is 5. The van der Waals surface area contributed by atoms with Crippen LogP contribution in [0.1, 0.15) is 10.5 Å². The van der Waals surface area contributed by atoms with Crippen LogP contribution in [-0.2, 0) is 9.53 Å². The minimum absolute atomic E-state index is 0.00570. The molecule has 1 heterocycles. The van der Waals surface area contributed by atoms with Gasteiger partial charge in [0.15, 0.2) is 12.4 Å². The lowest BCUT2D eigenvalue weighted by Crippen LogP contribution is -2.21. The number of hydrogen-bond donors (Lipinski definition) is 1. The van der Waals surface area contributed by atoms with Gasteiger partial charge in [-0.1, -0.05) is 66.7 Å². The molecule has 1 aromatic heterocycles. The van der Waals surface area contributed by atoms with E-state index in [0.29, 0.717) is 5.69 Å². The van der Waals surface area contributed by atoms with Crippen molar-refractivity contribution in [1.82, 2.24) is 9.78 Å². The van der Waals surface area contributed by atoms with E-state index < -0.39 is 18.5 Å². The molecule has 0 bridgehead atoms. The normalized spacial score (nSPS) is 10.4. The van der Waals surface area contributed by atoms with Crippen molar-refractivity contribution in [1.29, 1.82) is 0 Å². The summed E-state index contributed by atoms with van der Waals surface area (Å²) in [7, 11) is 1.44. The third-order valence-corrected chi connectivity index (χ3v) is 4.73. The quantitative estimate of drug-likeness (QED) is 0.444. The van der Waals surface area contributed by atoms with Crippen molar-refractivity contribution in [3.63, 3.8) is 0 Å². The van der Waals surface area contributed by atoms with Gasteiger partial charge in [0.25, 0.3) is 5.91 Å². The smallest absolute Gasteiger partial charge is 0.363 e. The van der Waals surface area contributed by atoms with Gasteiger partial charge < -0.3 is 14.8 Å². The number of anilines is 1. The highest BCUT2D eigenvalue weighted by molar-refractivity contribution is 5.98. The number of nitrogens with zero attached hydrogens (tertiary/aromatic N) is 2. The molecule has 7 heteroatoms. The number of para-hydroxylation sites is 2. The van der Waals surface area contributed by atoms with Gasteiger partial charge >= 0.3 is 5.97 Å². The molecule has 0 saturated heterocycles. The summed E-state index contributed by atoms with van der Waals surface area (Å²) in [4.78, 5) is 25.0. The zero-order valence-electron chi connectivity index (χ0n) is 17.4. The number of nitrogens with one attached hydrogen (secondary N) is 1. The number of esters is 1. The first-order valence-electron chi connectivity index (χ1n) is 9.96. The van der Waals surface area contributed by atoms with E-state index in [0.717, 1.165) is 16.8 Å². The lowest BCUT2D eigenvalue weighted by molar-refractivity contribution is -0.119. The number of carbonyl (C=O) groups excluding carboxylic acids is 2. The van der Waals surface area contributed by atoms with Crippen molar-refractivity contribution in [3.8, 4) is 22.6 Å². The Bertz CT molecular complexity index is 1220. The Morgan fingerprint density at radius 1 is 0.906 bits per heavy atom. The van der Waals surface area contributed by atoms with E-state index in [1.807, 2.05) is 78.9 Å². The molecule has 0 aliphatic heterocycles. The van der Waals surface area contributed by atoms with Gasteiger partial charge in [-0.15, -0.1) is 0 Å². The van der Waals surface area contributed by atoms with Crippen molar-refractivity contribution in [2.45, 2.75) is 0 Å². The summed E-state index contributed by atoms with van der Waals surface area (Å²) < 4.78 is 12.0. The summed E-state index contributed by atoms with van der Waals surface area (Å²) in [6, 6.07) is 26.4. The highest BCUT2D eigenvalue weighted by atomic mass is 16.5. The highest BCUT2D eigenvalue weighted by Crippen LogP contribution is 2.27. The number of methoxy groups -OCH3 is 1. The highest BCUT2D eigenvalue weighted by Gasteiger charge is 2.21. The van der Waals surface area contributed by atoms with E-state index in [-0.39, 0.29) is 11.4 Å². The average molecular weight is 427 g/mol. The van der Waals surface area contributed by atoms with Crippen molar-refractivity contribution in [2.75, 3.05) is 19.0 Å². The fourth-order valence-electron chi connectivity index (χ4n) is 3.21. The van der Waals surface area contributed by atoms with Gasteiger partial charge in [0, 0.05) is 11.3 Å². The van der Waals surface area contributed by atoms with E-state index in [1.165, 1.54) is 11.8 Å². The Balaban J connectivity index is 1.43. The van der Waals surface area contributed by atoms with Crippen LogP contribution < -0.4 is 10.1 Å². The monoisotopic (exact) mass is 427 g/mol. The molecule has 160 valence electrons. The topological polar surface area (TPSA) is 82.5 Å². The molecule has 0 fully saturated rings. The Hall–Kier alpha value is -4.39. The molecule has 4 rings (SSSR count). The van der Waals surface area contributed by atoms with Gasteiger partial charge in [-0.2, -0.15) is 5.10 Å². The number of aromatic nitrogens is 2. The van der Waals surface area contributed by atoms with Crippen LogP contribution in [0.4, 0.5) is 5.69 Å². The van der Waals surface area contributed by atoms with Crippen molar-refractivity contribution >= 4 is 17.6 Å². The molecule has 0 atom stereocenters. The van der Waals surface area contributed by atoms with Gasteiger partial charge in [0.05, 0.1) is 19.0 Å². The molecule has 0 radical (unpaired) electrons. The first kappa shape index (κ1) is 20.9. The second-order valence-electron chi connectivity index (χ2n) is 6.86. The van der Waals surface area contributed by atoms with E-state index in [9.17, 15) is 9.59 Å². The molecule has 0 aliphatic carbocycles. The van der Waals surface area contributed by atoms with Crippen molar-refractivity contribution in [3.05, 3.63) is 96.8 Å². The van der Waals surface area contributed by atoms with Crippen LogP contribution in [0.25, 0.3) is 16.8 Å². The predicted octanol–water partition coefficient (Wildman–Crippen LogP) is 4.34. The van der Waals surface area contributed by atoms with Gasteiger partial charge in [0.1, 0.15) is 0 Å². The maximum absolute atomic E-state index is 12.6. The lowest BCUT2D eigenvalue weighted by Gasteiger charge is -2.11. The first-order valence-corrected chi connectivity index (χ1v) is 9.96. The van der Waals surface area contributed by atoms with Gasteiger partial charge in [0.2, 0.25) is 5.69 Å². The third kappa shape index (κ3) is 4.67. The molecule has 0 aliphatic rings. The summed E-state index contributed by atoms with van der Waals surface area (Å²) >= 11 is 0. The van der Waals surface area contributed by atoms with Crippen LogP contribution in [0.5, 0.6) is 5.75 Å². The maximum atomic E-state index is 12.6. The predicted molar refractivity (Wildman–Crippen MR) is 121 cm³/mol. The summed E-state index contributed by atoms with van der Waals surface area (Å²) in [6.45, 7) is -0.455. The molecule has 0 saturated carbocycles. The number of ether oxygens (including phenoxy) is 2. The molecule has 32 heavy (non-hydrogen) atoms. The third-order valence-electron chi connectivity index (χ3n) is 4.73. The summed E-state index contributed by atoms with van der Waals surface area (Å²) in [5.41, 5.74) is 3.23. The van der Waals surface area contributed by atoms with Crippen LogP contribution in [-0.4, -0.2) is 35.4 Å². The zero-order chi connectivity index (χ0) is 22.3. The van der Waals surface area contributed by atoms with Crippen LogP contribution >= 0.6 is 0 Å². The molecule has 4 aromatic rings. The zero-order valence-corrected chi connectivity index (χ0v) is 17.4. The molecular weight excluding hydrogens is 406 g/mol. The van der Waals surface area contributed by atoms with E-state index >= 15 is 0 Å². The maximum Gasteiger partial charge on any atom is 0.363 e. The Labute approximate surface area is 185 Å². The summed E-state index contributed by atoms with van der Waals surface area (Å²) in [5, 5.41) is 7.05. The van der Waals surface area contributed by atoms with Crippen LogP contribution in [0.3, 0.4) is 0 Å². The van der Waals surface area contributed by atoms with Crippen LogP contribution in [0, 0.1) is 0 Å². The van der Waals surface area contributed by atoms with Gasteiger partial charge in [-0.3, -0.25) is 4.79 Å². The van der Waals surface area contributed by atoms with Gasteiger partial charge in [-0.25, -0.2) is 9.48 Å². The second kappa shape index (κ2) is 9.61. The molecule has 1 amide bonds. The molecule has 0 unspecified atom stereocenters. The second-order valence-corrected chi connectivity index (χ2v) is 6.86. The number of rotatable bonds is 7. The standard InChI is InChI=1S/C25H21N3O4/c1-31-22-16-28(19-12-6-3-7-13-19)27-24(22)25(30)32-17-23(29)26-21-15-9-8-14-20(21)18-10-4-2-5-11-18/h2-16H,17H2,1H3,(H,26,29). The fraction of sp³-hybridized carbons (Fsp3) is 0.0800. The number of amides is 1. The van der Waals surface area contributed by atoms with E-state index in [1.54, 1.807) is 12.3 Å². The molecule has 0 spiro atoms. The van der Waals surface area contributed by atoms with Crippen molar-refractivity contribution in [2.24, 2.45) is 0 Å². The Morgan fingerprint density at radius 2 is 1.56 bits per heavy atom. The number of carbonyl (C=O) groups is 2. The molecule has 1 N–H and O–H groups in total. The number of benzene rings is 3. The lowest BCUT2D eigenvalue weighted by atomic mass is 10.0. The van der Waals surface area contributed by atoms with Crippen molar-refractivity contribution < 1.29 is 19.1 Å². The Morgan fingerprint density at radius 3 is 2.28 bits per heavy atom. The fourth-order valence-corrected chi connectivity index (χ4v) is 3.21. The molecule has 7 nitrogen and oxygen atoms in total. The minimum atomic E-state index is -0.747. The van der Waals surface area contributed by atoms with E-state index in [2.05, 4.69) is 10.4 Å². The largest absolute Gasteiger partial charge is 0.493 e. The average Bonchev–Trinajstić information content (AvgIpc) is 3.29. The summed E-state index contributed by atoms with van der Waals surface area (Å²) in [6.07, 6.45) is 1.59. The van der Waals surface area contributed by atoms with E-state index in [4.69, 9.17) is 9.47 Å². The Kier molecular flexibility index (Phi) is 6.27. The molecular formula is C25H21N3O4.